The quantitative estimate of drug-likeness (QED) is 0.661. The van der Waals surface area contributed by atoms with Gasteiger partial charge in [-0.1, -0.05) is 11.8 Å². The van der Waals surface area contributed by atoms with Crippen molar-refractivity contribution in [2.24, 2.45) is 0 Å². The summed E-state index contributed by atoms with van der Waals surface area (Å²) in [4.78, 5) is 26.0. The van der Waals surface area contributed by atoms with Gasteiger partial charge in [-0.2, -0.15) is 0 Å². The number of hydrogen-bond donors (Lipinski definition) is 2. The van der Waals surface area contributed by atoms with Crippen molar-refractivity contribution < 1.29 is 14.3 Å². The number of imide groups is 1. The molecule has 2 aliphatic heterocycles. The number of amides is 3. The average molecular weight is 411 g/mol. The first kappa shape index (κ1) is 20.9. The summed E-state index contributed by atoms with van der Waals surface area (Å²) in [6.07, 6.45) is 5.81. The molecule has 0 saturated carbocycles. The number of rotatable bonds is 7. The third kappa shape index (κ3) is 5.84. The van der Waals surface area contributed by atoms with Crippen LogP contribution in [0.3, 0.4) is 0 Å². The predicted octanol–water partition coefficient (Wildman–Crippen LogP) is 1.77. The summed E-state index contributed by atoms with van der Waals surface area (Å²) >= 11 is 1.30. The number of nitrogens with one attached hydrogen (secondary N) is 2. The second-order valence-corrected chi connectivity index (χ2v) is 8.48. The normalized spacial score (nSPS) is 19.8. The second kappa shape index (κ2) is 10.1. The fourth-order valence-corrected chi connectivity index (χ4v) is 4.20. The summed E-state index contributed by atoms with van der Waals surface area (Å²) in [7, 11) is 0. The summed E-state index contributed by atoms with van der Waals surface area (Å²) in [6.45, 7) is 7.12. The lowest BCUT2D eigenvalue weighted by Gasteiger charge is -2.28. The standard InChI is InChI=1S/C18H30N6O3S/c1-13(2)19-16(26)20-15(25)12-28-18-22-21-17(23-8-4-3-5-9-23)24(18)11-14-7-6-10-27-14/h13-14H,3-12H2,1-2H3,(H2,19,20,25,26). The van der Waals surface area contributed by atoms with E-state index in [1.165, 1.54) is 18.2 Å². The molecule has 28 heavy (non-hydrogen) atoms. The lowest BCUT2D eigenvalue weighted by atomic mass is 10.1. The minimum Gasteiger partial charge on any atom is -0.376 e. The van der Waals surface area contributed by atoms with Gasteiger partial charge in [0.2, 0.25) is 11.9 Å². The van der Waals surface area contributed by atoms with E-state index in [1.807, 2.05) is 13.8 Å². The van der Waals surface area contributed by atoms with E-state index in [1.54, 1.807) is 0 Å². The van der Waals surface area contributed by atoms with E-state index in [0.29, 0.717) is 11.7 Å². The van der Waals surface area contributed by atoms with Crippen LogP contribution >= 0.6 is 11.8 Å². The summed E-state index contributed by atoms with van der Waals surface area (Å²) < 4.78 is 7.88. The summed E-state index contributed by atoms with van der Waals surface area (Å²) in [6, 6.07) is -0.502. The molecule has 2 aliphatic rings. The van der Waals surface area contributed by atoms with Gasteiger partial charge in [0.1, 0.15) is 0 Å². The molecule has 10 heteroatoms. The zero-order valence-electron chi connectivity index (χ0n) is 16.6. The van der Waals surface area contributed by atoms with Gasteiger partial charge in [-0.15, -0.1) is 10.2 Å². The highest BCUT2D eigenvalue weighted by Gasteiger charge is 2.25. The number of carbonyl (C=O) groups is 2. The third-order valence-corrected chi connectivity index (χ3v) is 5.72. The summed E-state index contributed by atoms with van der Waals surface area (Å²) in [5.74, 6) is 0.611. The number of aromatic nitrogens is 3. The van der Waals surface area contributed by atoms with Gasteiger partial charge < -0.3 is 15.0 Å². The molecule has 0 aromatic carbocycles. The van der Waals surface area contributed by atoms with Crippen molar-refractivity contribution in [3.8, 4) is 0 Å². The number of nitrogens with zero attached hydrogens (tertiary/aromatic N) is 4. The number of urea groups is 1. The van der Waals surface area contributed by atoms with Crippen LogP contribution in [0, 0.1) is 0 Å². The lowest BCUT2D eigenvalue weighted by Crippen LogP contribution is -2.43. The number of carbonyl (C=O) groups excluding carboxylic acids is 2. The Morgan fingerprint density at radius 1 is 1.21 bits per heavy atom. The highest BCUT2D eigenvalue weighted by atomic mass is 32.2. The minimum absolute atomic E-state index is 0.0259. The van der Waals surface area contributed by atoms with Crippen LogP contribution in [0.1, 0.15) is 46.0 Å². The van der Waals surface area contributed by atoms with Crippen molar-refractivity contribution in [3.63, 3.8) is 0 Å². The van der Waals surface area contributed by atoms with Crippen LogP contribution in [-0.4, -0.2) is 64.3 Å². The molecular formula is C18H30N6O3S. The molecule has 3 heterocycles. The number of hydrogen-bond acceptors (Lipinski definition) is 7. The van der Waals surface area contributed by atoms with Gasteiger partial charge in [-0.05, 0) is 46.0 Å². The highest BCUT2D eigenvalue weighted by molar-refractivity contribution is 7.99. The number of ether oxygens (including phenoxy) is 1. The number of piperidine rings is 1. The van der Waals surface area contributed by atoms with Crippen molar-refractivity contribution in [3.05, 3.63) is 0 Å². The number of anilines is 1. The molecular weight excluding hydrogens is 380 g/mol. The van der Waals surface area contributed by atoms with E-state index in [0.717, 1.165) is 51.3 Å². The van der Waals surface area contributed by atoms with Crippen molar-refractivity contribution in [1.82, 2.24) is 25.4 Å². The Balaban J connectivity index is 1.64. The SMILES string of the molecule is CC(C)NC(=O)NC(=O)CSc1nnc(N2CCCCC2)n1CC1CCCO1. The molecule has 0 radical (unpaired) electrons. The van der Waals surface area contributed by atoms with Crippen molar-refractivity contribution >= 4 is 29.6 Å². The van der Waals surface area contributed by atoms with Crippen LogP contribution in [0.25, 0.3) is 0 Å². The maximum absolute atomic E-state index is 12.1. The van der Waals surface area contributed by atoms with Crippen LogP contribution < -0.4 is 15.5 Å². The fraction of sp³-hybridized carbons (Fsp3) is 0.778. The lowest BCUT2D eigenvalue weighted by molar-refractivity contribution is -0.117. The van der Waals surface area contributed by atoms with Gasteiger partial charge in [-0.3, -0.25) is 14.7 Å². The van der Waals surface area contributed by atoms with E-state index in [2.05, 4.69) is 30.3 Å². The van der Waals surface area contributed by atoms with E-state index in [-0.39, 0.29) is 23.8 Å². The Labute approximate surface area is 170 Å². The second-order valence-electron chi connectivity index (χ2n) is 7.54. The van der Waals surface area contributed by atoms with Crippen LogP contribution in [0.5, 0.6) is 0 Å². The van der Waals surface area contributed by atoms with Crippen LogP contribution in [0.4, 0.5) is 10.7 Å². The Morgan fingerprint density at radius 3 is 2.68 bits per heavy atom. The molecule has 3 amide bonds. The van der Waals surface area contributed by atoms with Gasteiger partial charge in [-0.25, -0.2) is 4.79 Å². The Morgan fingerprint density at radius 2 is 2.00 bits per heavy atom. The van der Waals surface area contributed by atoms with Crippen LogP contribution in [0.15, 0.2) is 5.16 Å². The molecule has 2 saturated heterocycles. The maximum Gasteiger partial charge on any atom is 0.321 e. The third-order valence-electron chi connectivity index (χ3n) is 4.75. The molecule has 2 N–H and O–H groups in total. The van der Waals surface area contributed by atoms with Crippen molar-refractivity contribution in [2.45, 2.75) is 69.8 Å². The molecule has 0 spiro atoms. The molecule has 9 nitrogen and oxygen atoms in total. The summed E-state index contributed by atoms with van der Waals surface area (Å²) in [5.41, 5.74) is 0. The molecule has 156 valence electrons. The van der Waals surface area contributed by atoms with E-state index in [9.17, 15) is 9.59 Å². The first-order valence-corrected chi connectivity index (χ1v) is 11.0. The number of thioether (sulfide) groups is 1. The van der Waals surface area contributed by atoms with Crippen LogP contribution in [-0.2, 0) is 16.1 Å². The van der Waals surface area contributed by atoms with Gasteiger partial charge >= 0.3 is 6.03 Å². The fourth-order valence-electron chi connectivity index (χ4n) is 3.46. The predicted molar refractivity (Wildman–Crippen MR) is 108 cm³/mol. The van der Waals surface area contributed by atoms with E-state index in [4.69, 9.17) is 4.74 Å². The molecule has 1 unspecified atom stereocenters. The largest absolute Gasteiger partial charge is 0.376 e. The van der Waals surface area contributed by atoms with Gasteiger partial charge in [0.15, 0.2) is 5.16 Å². The smallest absolute Gasteiger partial charge is 0.321 e. The van der Waals surface area contributed by atoms with Gasteiger partial charge in [0.25, 0.3) is 0 Å². The molecule has 0 aliphatic carbocycles. The molecule has 2 fully saturated rings. The zero-order chi connectivity index (χ0) is 19.9. The maximum atomic E-state index is 12.1. The Bertz CT molecular complexity index is 668. The van der Waals surface area contributed by atoms with Gasteiger partial charge in [0.05, 0.1) is 18.4 Å². The Hall–Kier alpha value is -1.81. The first-order valence-electron chi connectivity index (χ1n) is 10.1. The zero-order valence-corrected chi connectivity index (χ0v) is 17.5. The minimum atomic E-state index is -0.476. The summed E-state index contributed by atoms with van der Waals surface area (Å²) in [5, 5.41) is 14.4. The molecule has 1 aromatic rings. The molecule has 3 rings (SSSR count). The van der Waals surface area contributed by atoms with Crippen molar-refractivity contribution in [2.75, 3.05) is 30.3 Å². The van der Waals surface area contributed by atoms with E-state index < -0.39 is 6.03 Å². The molecule has 1 atom stereocenters. The molecule has 0 bridgehead atoms. The van der Waals surface area contributed by atoms with Crippen LogP contribution in [0.2, 0.25) is 0 Å². The molecule has 1 aromatic heterocycles. The van der Waals surface area contributed by atoms with Crippen molar-refractivity contribution in [1.29, 1.82) is 0 Å². The first-order chi connectivity index (χ1) is 13.5. The average Bonchev–Trinajstić information content (AvgIpc) is 3.30. The highest BCUT2D eigenvalue weighted by Crippen LogP contribution is 2.26. The Kier molecular flexibility index (Phi) is 7.55. The topological polar surface area (TPSA) is 101 Å². The van der Waals surface area contributed by atoms with E-state index >= 15 is 0 Å². The van der Waals surface area contributed by atoms with Gasteiger partial charge in [0, 0.05) is 25.7 Å². The monoisotopic (exact) mass is 410 g/mol.